The number of nitrogens with zero attached hydrogens (tertiary/aromatic N) is 2. The molecule has 2 heterocycles. The van der Waals surface area contributed by atoms with Gasteiger partial charge in [0.2, 0.25) is 0 Å². The normalized spacial score (nSPS) is 11.9. The molecule has 0 unspecified atom stereocenters. The van der Waals surface area contributed by atoms with Crippen LogP contribution < -0.4 is 16.4 Å². The largest absolute Gasteiger partial charge is 0.394 e. The van der Waals surface area contributed by atoms with Crippen molar-refractivity contribution in [2.75, 3.05) is 12.3 Å². The van der Waals surface area contributed by atoms with Crippen molar-refractivity contribution in [3.63, 3.8) is 0 Å². The van der Waals surface area contributed by atoms with Crippen LogP contribution in [0.2, 0.25) is 0 Å². The third-order valence-corrected chi connectivity index (χ3v) is 4.64. The molecule has 0 saturated heterocycles. The summed E-state index contributed by atoms with van der Waals surface area (Å²) in [4.78, 5) is 32.7. The maximum atomic E-state index is 12.4. The van der Waals surface area contributed by atoms with Gasteiger partial charge in [-0.1, -0.05) is 23.5 Å². The molecule has 0 aliphatic rings. The molecule has 0 aliphatic heterocycles. The van der Waals surface area contributed by atoms with Crippen LogP contribution in [0.3, 0.4) is 0 Å². The number of nitrogens with one attached hydrogen (secondary N) is 2. The van der Waals surface area contributed by atoms with Crippen LogP contribution in [-0.2, 0) is 6.54 Å². The number of aliphatic hydroxyl groups excluding tert-OH is 1. The van der Waals surface area contributed by atoms with E-state index in [0.717, 1.165) is 15.8 Å². The number of carbonyl (C=O) groups is 2. The summed E-state index contributed by atoms with van der Waals surface area (Å²) in [5, 5.41) is 14.9. The molecule has 0 bridgehead atoms. The lowest BCUT2D eigenvalue weighted by Crippen LogP contribution is -2.35. The highest BCUT2D eigenvalue weighted by Crippen LogP contribution is 2.24. The summed E-state index contributed by atoms with van der Waals surface area (Å²) < 4.78 is 0.953. The van der Waals surface area contributed by atoms with Gasteiger partial charge in [-0.15, -0.1) is 0 Å². The average Bonchev–Trinajstić information content (AvgIpc) is 3.05. The molecular formula is C18H19N5O3S. The molecule has 140 valence electrons. The Morgan fingerprint density at radius 1 is 1.19 bits per heavy atom. The topological polar surface area (TPSA) is 130 Å². The zero-order chi connectivity index (χ0) is 19.4. The average molecular weight is 385 g/mol. The third-order valence-electron chi connectivity index (χ3n) is 3.79. The first-order chi connectivity index (χ1) is 13.0. The first-order valence-electron chi connectivity index (χ1n) is 8.28. The van der Waals surface area contributed by atoms with Gasteiger partial charge in [-0.3, -0.25) is 9.59 Å². The highest BCUT2D eigenvalue weighted by atomic mass is 32.1. The predicted octanol–water partition coefficient (Wildman–Crippen LogP) is 1.31. The van der Waals surface area contributed by atoms with Crippen molar-refractivity contribution in [2.24, 2.45) is 0 Å². The van der Waals surface area contributed by atoms with E-state index < -0.39 is 11.9 Å². The first kappa shape index (κ1) is 18.7. The molecule has 1 atom stereocenters. The Bertz CT molecular complexity index is 988. The summed E-state index contributed by atoms with van der Waals surface area (Å²) in [6.07, 6.45) is 0. The van der Waals surface area contributed by atoms with Gasteiger partial charge in [-0.05, 0) is 36.8 Å². The molecule has 3 aromatic rings. The molecule has 0 spiro atoms. The summed E-state index contributed by atoms with van der Waals surface area (Å²) >= 11 is 1.39. The summed E-state index contributed by atoms with van der Waals surface area (Å²) in [7, 11) is 0. The Morgan fingerprint density at radius 2 is 1.93 bits per heavy atom. The molecule has 0 saturated carbocycles. The maximum Gasteiger partial charge on any atom is 0.270 e. The van der Waals surface area contributed by atoms with Crippen molar-refractivity contribution in [3.05, 3.63) is 53.3 Å². The van der Waals surface area contributed by atoms with E-state index in [0.29, 0.717) is 11.7 Å². The van der Waals surface area contributed by atoms with Crippen LogP contribution in [0.4, 0.5) is 5.13 Å². The first-order valence-corrected chi connectivity index (χ1v) is 9.10. The fourth-order valence-electron chi connectivity index (χ4n) is 2.40. The lowest BCUT2D eigenvalue weighted by molar-refractivity contribution is 0.0916. The molecule has 0 aliphatic carbocycles. The van der Waals surface area contributed by atoms with Gasteiger partial charge in [0.1, 0.15) is 11.4 Å². The van der Waals surface area contributed by atoms with Crippen LogP contribution in [0.1, 0.15) is 33.5 Å². The summed E-state index contributed by atoms with van der Waals surface area (Å²) in [6, 6.07) is 9.90. The lowest BCUT2D eigenvalue weighted by atomic mass is 10.2. The number of aliphatic hydroxyl groups is 1. The van der Waals surface area contributed by atoms with E-state index >= 15 is 0 Å². The molecule has 0 radical (unpaired) electrons. The predicted molar refractivity (Wildman–Crippen MR) is 103 cm³/mol. The van der Waals surface area contributed by atoms with Crippen molar-refractivity contribution >= 4 is 38.5 Å². The number of anilines is 1. The molecule has 27 heavy (non-hydrogen) atoms. The lowest BCUT2D eigenvalue weighted by Gasteiger charge is -2.11. The monoisotopic (exact) mass is 385 g/mol. The van der Waals surface area contributed by atoms with Gasteiger partial charge in [0.25, 0.3) is 11.8 Å². The van der Waals surface area contributed by atoms with Crippen LogP contribution in [0.25, 0.3) is 10.2 Å². The summed E-state index contributed by atoms with van der Waals surface area (Å²) in [5.41, 5.74) is 7.69. The Labute approximate surface area is 159 Å². The standard InChI is InChI=1S/C18H19N5O3S/c1-10(9-24)21-17(26)14-4-2-3-13(22-14)16(25)20-8-11-5-6-12-15(7-11)27-18(19)23-12/h2-7,10,24H,8-9H2,1H3,(H2,19,23)(H,20,25)(H,21,26)/t10-/m1/s1. The molecule has 1 aromatic carbocycles. The second-order valence-electron chi connectivity index (χ2n) is 6.00. The smallest absolute Gasteiger partial charge is 0.270 e. The second-order valence-corrected chi connectivity index (χ2v) is 7.06. The SMILES string of the molecule is C[C@H](CO)NC(=O)c1cccc(C(=O)NCc2ccc3nc(N)sc3c2)n1. The number of pyridine rings is 1. The van der Waals surface area contributed by atoms with Gasteiger partial charge >= 0.3 is 0 Å². The number of nitrogens with two attached hydrogens (primary N) is 1. The van der Waals surface area contributed by atoms with E-state index in [2.05, 4.69) is 20.6 Å². The highest BCUT2D eigenvalue weighted by molar-refractivity contribution is 7.22. The van der Waals surface area contributed by atoms with Crippen molar-refractivity contribution in [3.8, 4) is 0 Å². The number of nitrogen functional groups attached to an aromatic ring is 1. The number of benzene rings is 1. The molecule has 9 heteroatoms. The molecule has 5 N–H and O–H groups in total. The third kappa shape index (κ3) is 4.57. The number of fused-ring (bicyclic) bond motifs is 1. The Kier molecular flexibility index (Phi) is 5.63. The van der Waals surface area contributed by atoms with E-state index in [1.54, 1.807) is 13.0 Å². The zero-order valence-electron chi connectivity index (χ0n) is 14.6. The molecule has 8 nitrogen and oxygen atoms in total. The number of hydrogen-bond acceptors (Lipinski definition) is 7. The molecule has 2 aromatic heterocycles. The Balaban J connectivity index is 1.66. The molecule has 3 rings (SSSR count). The summed E-state index contributed by atoms with van der Waals surface area (Å²) in [5.74, 6) is -0.830. The van der Waals surface area contributed by atoms with Gasteiger partial charge in [0.15, 0.2) is 5.13 Å². The molecule has 2 amide bonds. The zero-order valence-corrected chi connectivity index (χ0v) is 15.4. The van der Waals surface area contributed by atoms with Gasteiger partial charge in [0.05, 0.1) is 16.8 Å². The van der Waals surface area contributed by atoms with Crippen molar-refractivity contribution in [1.82, 2.24) is 20.6 Å². The summed E-state index contributed by atoms with van der Waals surface area (Å²) in [6.45, 7) is 1.80. The van der Waals surface area contributed by atoms with Gasteiger partial charge in [-0.2, -0.15) is 0 Å². The number of hydrogen-bond donors (Lipinski definition) is 4. The van der Waals surface area contributed by atoms with Gasteiger partial charge in [0, 0.05) is 12.6 Å². The number of carbonyl (C=O) groups excluding carboxylic acids is 2. The van der Waals surface area contributed by atoms with Crippen LogP contribution in [0.5, 0.6) is 0 Å². The quantitative estimate of drug-likeness (QED) is 0.506. The minimum absolute atomic E-state index is 0.115. The maximum absolute atomic E-state index is 12.4. The van der Waals surface area contributed by atoms with Gasteiger partial charge < -0.3 is 21.5 Å². The van der Waals surface area contributed by atoms with Crippen molar-refractivity contribution in [2.45, 2.75) is 19.5 Å². The fourth-order valence-corrected chi connectivity index (χ4v) is 3.20. The van der Waals surface area contributed by atoms with E-state index in [1.165, 1.54) is 23.5 Å². The van der Waals surface area contributed by atoms with Crippen LogP contribution >= 0.6 is 11.3 Å². The van der Waals surface area contributed by atoms with Gasteiger partial charge in [-0.25, -0.2) is 9.97 Å². The molecule has 0 fully saturated rings. The molecular weight excluding hydrogens is 366 g/mol. The van der Waals surface area contributed by atoms with E-state index in [4.69, 9.17) is 10.8 Å². The van der Waals surface area contributed by atoms with E-state index in [9.17, 15) is 9.59 Å². The number of aromatic nitrogens is 2. The minimum Gasteiger partial charge on any atom is -0.394 e. The minimum atomic E-state index is -0.445. The van der Waals surface area contributed by atoms with Crippen molar-refractivity contribution in [1.29, 1.82) is 0 Å². The fraction of sp³-hybridized carbons (Fsp3) is 0.222. The van der Waals surface area contributed by atoms with Crippen LogP contribution in [-0.4, -0.2) is 39.5 Å². The second kappa shape index (κ2) is 8.11. The van der Waals surface area contributed by atoms with Crippen LogP contribution in [0, 0.1) is 0 Å². The number of rotatable bonds is 6. The van der Waals surface area contributed by atoms with Crippen LogP contribution in [0.15, 0.2) is 36.4 Å². The van der Waals surface area contributed by atoms with Crippen molar-refractivity contribution < 1.29 is 14.7 Å². The van der Waals surface area contributed by atoms with E-state index in [1.807, 2.05) is 18.2 Å². The highest BCUT2D eigenvalue weighted by Gasteiger charge is 2.14. The Morgan fingerprint density at radius 3 is 2.67 bits per heavy atom. The Hall–Kier alpha value is -3.04. The number of thiazole rings is 1. The number of amides is 2. The van der Waals surface area contributed by atoms with E-state index in [-0.39, 0.29) is 23.9 Å².